The van der Waals surface area contributed by atoms with E-state index < -0.39 is 11.7 Å². The Morgan fingerprint density at radius 2 is 1.61 bits per heavy atom. The third-order valence-corrected chi connectivity index (χ3v) is 6.21. The van der Waals surface area contributed by atoms with Crippen LogP contribution in [0.1, 0.15) is 11.1 Å². The van der Waals surface area contributed by atoms with Gasteiger partial charge in [0.2, 0.25) is 0 Å². The highest BCUT2D eigenvalue weighted by atomic mass is 32.2. The van der Waals surface area contributed by atoms with Gasteiger partial charge in [-0.2, -0.15) is 13.2 Å². The Bertz CT molecular complexity index is 787. The first kappa shape index (κ1) is 20.8. The van der Waals surface area contributed by atoms with Crippen LogP contribution in [-0.4, -0.2) is 42.5 Å². The van der Waals surface area contributed by atoms with Crippen LogP contribution in [0.4, 0.5) is 18.9 Å². The van der Waals surface area contributed by atoms with E-state index in [1.54, 1.807) is 7.11 Å². The van der Waals surface area contributed by atoms with Crippen LogP contribution in [0.15, 0.2) is 48.5 Å². The van der Waals surface area contributed by atoms with Gasteiger partial charge in [-0.15, -0.1) is 0 Å². The van der Waals surface area contributed by atoms with Gasteiger partial charge >= 0.3 is 6.18 Å². The van der Waals surface area contributed by atoms with Gasteiger partial charge in [-0.05, 0) is 42.0 Å². The molecule has 0 bridgehead atoms. The number of methoxy groups -OCH3 is 1. The summed E-state index contributed by atoms with van der Waals surface area (Å²) >= 11 is 7.01. The second-order valence-corrected chi connectivity index (χ2v) is 8.03. The minimum atomic E-state index is -4.30. The lowest BCUT2D eigenvalue weighted by Crippen LogP contribution is -2.47. The lowest BCUT2D eigenvalue weighted by Gasteiger charge is -2.37. The fourth-order valence-electron chi connectivity index (χ4n) is 2.97. The number of thiocarbonyl (C=S) groups is 1. The Kier molecular flexibility index (Phi) is 6.72. The summed E-state index contributed by atoms with van der Waals surface area (Å²) in [5.74, 6) is 1.40. The highest BCUT2D eigenvalue weighted by Crippen LogP contribution is 2.30. The molecule has 0 aliphatic carbocycles. The number of hydrogen-bond acceptors (Lipinski definition) is 4. The van der Waals surface area contributed by atoms with Crippen LogP contribution in [0.3, 0.4) is 0 Å². The molecule has 0 saturated carbocycles. The van der Waals surface area contributed by atoms with Crippen LogP contribution in [0.5, 0.6) is 5.75 Å². The van der Waals surface area contributed by atoms with Crippen molar-refractivity contribution in [1.82, 2.24) is 4.90 Å². The maximum Gasteiger partial charge on any atom is 0.416 e. The molecule has 150 valence electrons. The van der Waals surface area contributed by atoms with Crippen LogP contribution in [0, 0.1) is 0 Å². The maximum absolute atomic E-state index is 12.6. The van der Waals surface area contributed by atoms with Crippen molar-refractivity contribution in [2.45, 2.75) is 11.9 Å². The SMILES string of the molecule is COc1ccc(N2CCN(C(=S)SCc3ccc(C(F)(F)F)cc3)CC2)cc1. The fraction of sp³-hybridized carbons (Fsp3) is 0.350. The number of thioether (sulfide) groups is 1. The van der Waals surface area contributed by atoms with E-state index in [0.717, 1.165) is 59.6 Å². The average Bonchev–Trinajstić information content (AvgIpc) is 2.72. The molecule has 1 saturated heterocycles. The number of anilines is 1. The third-order valence-electron chi connectivity index (χ3n) is 4.62. The Balaban J connectivity index is 1.47. The Labute approximate surface area is 172 Å². The van der Waals surface area contributed by atoms with Crippen LogP contribution >= 0.6 is 24.0 Å². The van der Waals surface area contributed by atoms with Crippen LogP contribution in [0.25, 0.3) is 0 Å². The lowest BCUT2D eigenvalue weighted by molar-refractivity contribution is -0.137. The van der Waals surface area contributed by atoms with Gasteiger partial charge in [-0.3, -0.25) is 0 Å². The molecule has 28 heavy (non-hydrogen) atoms. The molecule has 0 spiro atoms. The van der Waals surface area contributed by atoms with Gasteiger partial charge in [-0.25, -0.2) is 0 Å². The molecular weight excluding hydrogens is 405 g/mol. The normalized spacial score (nSPS) is 14.9. The van der Waals surface area contributed by atoms with Crippen molar-refractivity contribution in [3.63, 3.8) is 0 Å². The molecule has 3 nitrogen and oxygen atoms in total. The summed E-state index contributed by atoms with van der Waals surface area (Å²) in [6, 6.07) is 13.3. The molecule has 0 amide bonds. The topological polar surface area (TPSA) is 15.7 Å². The number of nitrogens with zero attached hydrogens (tertiary/aromatic N) is 2. The Morgan fingerprint density at radius 1 is 1.00 bits per heavy atom. The van der Waals surface area contributed by atoms with Crippen molar-refractivity contribution in [2.24, 2.45) is 0 Å². The molecule has 0 radical (unpaired) electrons. The van der Waals surface area contributed by atoms with E-state index in [-0.39, 0.29) is 0 Å². The van der Waals surface area contributed by atoms with E-state index in [0.29, 0.717) is 5.75 Å². The summed E-state index contributed by atoms with van der Waals surface area (Å²) in [6.45, 7) is 3.39. The molecule has 0 N–H and O–H groups in total. The van der Waals surface area contributed by atoms with Crippen molar-refractivity contribution in [2.75, 3.05) is 38.2 Å². The zero-order valence-electron chi connectivity index (χ0n) is 15.4. The number of benzene rings is 2. The molecule has 1 aliphatic rings. The van der Waals surface area contributed by atoms with Gasteiger partial charge < -0.3 is 14.5 Å². The largest absolute Gasteiger partial charge is 0.497 e. The fourth-order valence-corrected chi connectivity index (χ4v) is 4.17. The van der Waals surface area contributed by atoms with Crippen molar-refractivity contribution in [3.8, 4) is 5.75 Å². The number of rotatable bonds is 4. The number of halogens is 3. The van der Waals surface area contributed by atoms with E-state index in [4.69, 9.17) is 17.0 Å². The number of alkyl halides is 3. The van der Waals surface area contributed by atoms with Gasteiger partial charge in [-0.1, -0.05) is 36.1 Å². The van der Waals surface area contributed by atoms with E-state index >= 15 is 0 Å². The minimum Gasteiger partial charge on any atom is -0.497 e. The third kappa shape index (κ3) is 5.32. The zero-order valence-corrected chi connectivity index (χ0v) is 17.0. The molecule has 1 heterocycles. The first-order chi connectivity index (χ1) is 13.4. The van der Waals surface area contributed by atoms with E-state index in [1.807, 2.05) is 24.3 Å². The van der Waals surface area contributed by atoms with Crippen LogP contribution < -0.4 is 9.64 Å². The van der Waals surface area contributed by atoms with E-state index in [2.05, 4.69) is 9.80 Å². The van der Waals surface area contributed by atoms with Gasteiger partial charge in [0, 0.05) is 37.6 Å². The summed E-state index contributed by atoms with van der Waals surface area (Å²) in [4.78, 5) is 4.46. The predicted octanol–water partition coefficient (Wildman–Crippen LogP) is 5.05. The van der Waals surface area contributed by atoms with Crippen molar-refractivity contribution in [1.29, 1.82) is 0 Å². The molecule has 0 unspecified atom stereocenters. The molecule has 8 heteroatoms. The number of hydrogen-bond donors (Lipinski definition) is 0. The standard InChI is InChI=1S/C20H21F3N2OS2/c1-26-18-8-6-17(7-9-18)24-10-12-25(13-11-24)19(27)28-14-15-2-4-16(5-3-15)20(21,22)23/h2-9H,10-14H2,1H3. The first-order valence-electron chi connectivity index (χ1n) is 8.83. The Morgan fingerprint density at radius 3 is 2.14 bits per heavy atom. The molecular formula is C20H21F3N2OS2. The molecule has 3 rings (SSSR count). The van der Waals surface area contributed by atoms with Crippen molar-refractivity contribution in [3.05, 3.63) is 59.7 Å². The van der Waals surface area contributed by atoms with E-state index in [1.165, 1.54) is 23.9 Å². The molecule has 1 fully saturated rings. The second kappa shape index (κ2) is 9.05. The van der Waals surface area contributed by atoms with Crippen molar-refractivity contribution < 1.29 is 17.9 Å². The molecule has 1 aliphatic heterocycles. The highest BCUT2D eigenvalue weighted by Gasteiger charge is 2.30. The summed E-state index contributed by atoms with van der Waals surface area (Å²) < 4.78 is 43.9. The average molecular weight is 427 g/mol. The number of piperazine rings is 1. The minimum absolute atomic E-state index is 0.565. The quantitative estimate of drug-likeness (QED) is 0.634. The van der Waals surface area contributed by atoms with Crippen LogP contribution in [0.2, 0.25) is 0 Å². The predicted molar refractivity (Wildman–Crippen MR) is 112 cm³/mol. The molecule has 0 atom stereocenters. The van der Waals surface area contributed by atoms with E-state index in [9.17, 15) is 13.2 Å². The molecule has 2 aromatic rings. The Hall–Kier alpha value is -1.93. The molecule has 0 aromatic heterocycles. The molecule has 2 aromatic carbocycles. The second-order valence-electron chi connectivity index (χ2n) is 6.42. The maximum atomic E-state index is 12.6. The van der Waals surface area contributed by atoms with Gasteiger partial charge in [0.15, 0.2) is 0 Å². The van der Waals surface area contributed by atoms with Crippen molar-refractivity contribution >= 4 is 34.0 Å². The summed E-state index contributed by atoms with van der Waals surface area (Å²) in [5, 5.41) is 0. The van der Waals surface area contributed by atoms with Gasteiger partial charge in [0.25, 0.3) is 0 Å². The summed E-state index contributed by atoms with van der Waals surface area (Å²) in [6.07, 6.45) is -4.30. The van der Waals surface area contributed by atoms with Gasteiger partial charge in [0.05, 0.1) is 12.7 Å². The monoisotopic (exact) mass is 426 g/mol. The number of ether oxygens (including phenoxy) is 1. The first-order valence-corrected chi connectivity index (χ1v) is 10.2. The smallest absolute Gasteiger partial charge is 0.416 e. The summed E-state index contributed by atoms with van der Waals surface area (Å²) in [7, 11) is 1.65. The highest BCUT2D eigenvalue weighted by molar-refractivity contribution is 8.22. The summed E-state index contributed by atoms with van der Waals surface area (Å²) in [5.41, 5.74) is 1.36. The van der Waals surface area contributed by atoms with Crippen LogP contribution in [-0.2, 0) is 11.9 Å². The lowest BCUT2D eigenvalue weighted by atomic mass is 10.1. The van der Waals surface area contributed by atoms with Gasteiger partial charge in [0.1, 0.15) is 10.1 Å². The zero-order chi connectivity index (χ0) is 20.1.